The zero-order valence-electron chi connectivity index (χ0n) is 24.0. The quantitative estimate of drug-likeness (QED) is 0.196. The molecule has 5 aromatic carbocycles. The van der Waals surface area contributed by atoms with Gasteiger partial charge in [-0.2, -0.15) is 5.10 Å². The van der Waals surface area contributed by atoms with Crippen molar-refractivity contribution >= 4 is 11.4 Å². The Kier molecular flexibility index (Phi) is 7.24. The molecule has 208 valence electrons. The predicted molar refractivity (Wildman–Crippen MR) is 176 cm³/mol. The molecule has 4 nitrogen and oxygen atoms in total. The van der Waals surface area contributed by atoms with Gasteiger partial charge >= 0.3 is 0 Å². The summed E-state index contributed by atoms with van der Waals surface area (Å²) in [5.74, 6) is 0.844. The highest BCUT2D eigenvalue weighted by Gasteiger charge is 2.30. The molecular weight excluding hydrogens is 526 g/mol. The molecule has 0 saturated heterocycles. The monoisotopic (exact) mass is 557 g/mol. The summed E-state index contributed by atoms with van der Waals surface area (Å²) in [4.78, 5) is 5.04. The van der Waals surface area contributed by atoms with E-state index in [1.807, 2.05) is 24.3 Å². The van der Waals surface area contributed by atoms with E-state index in [2.05, 4.69) is 132 Å². The van der Waals surface area contributed by atoms with Crippen LogP contribution >= 0.6 is 0 Å². The minimum atomic E-state index is 0.111. The highest BCUT2D eigenvalue weighted by atomic mass is 16.5. The predicted octanol–water partition coefficient (Wildman–Crippen LogP) is 9.45. The third kappa shape index (κ3) is 5.55. The maximum atomic E-state index is 5.37. The van der Waals surface area contributed by atoms with Gasteiger partial charge < -0.3 is 4.74 Å². The average Bonchev–Trinajstić information content (AvgIpc) is 3.55. The molecule has 1 aromatic heterocycles. The minimum absolute atomic E-state index is 0.111. The molecule has 0 radical (unpaired) electrons. The molecule has 0 N–H and O–H groups in total. The van der Waals surface area contributed by atoms with Gasteiger partial charge in [-0.15, -0.1) is 0 Å². The summed E-state index contributed by atoms with van der Waals surface area (Å²) in [6.45, 7) is 0. The number of hydrogen-bond donors (Lipinski definition) is 0. The summed E-state index contributed by atoms with van der Waals surface area (Å²) in [6.07, 6.45) is 0.823. The zero-order valence-corrected chi connectivity index (χ0v) is 24.0. The number of methoxy groups -OCH3 is 1. The molecule has 1 aliphatic rings. The maximum Gasteiger partial charge on any atom is 0.118 e. The molecule has 4 heteroatoms. The van der Waals surface area contributed by atoms with Gasteiger partial charge in [0.15, 0.2) is 0 Å². The Balaban J connectivity index is 1.26. The number of hydrazone groups is 1. The van der Waals surface area contributed by atoms with Crippen molar-refractivity contribution in [1.82, 2.24) is 4.98 Å². The van der Waals surface area contributed by atoms with E-state index >= 15 is 0 Å². The SMILES string of the molecule is COc1ccc(C2=NN(c3ccc(-c4cc(-c5ccccc5)nc(-c5ccccc5)c4)cc3)[C@H](c3ccccc3)C2)cc1. The summed E-state index contributed by atoms with van der Waals surface area (Å²) in [5, 5.41) is 7.31. The summed E-state index contributed by atoms with van der Waals surface area (Å²) >= 11 is 0. The molecule has 0 aliphatic carbocycles. The minimum Gasteiger partial charge on any atom is -0.497 e. The van der Waals surface area contributed by atoms with E-state index in [4.69, 9.17) is 14.8 Å². The Labute approximate surface area is 252 Å². The van der Waals surface area contributed by atoms with Crippen LogP contribution in [-0.4, -0.2) is 17.8 Å². The van der Waals surface area contributed by atoms with Crippen LogP contribution in [0.1, 0.15) is 23.6 Å². The van der Waals surface area contributed by atoms with E-state index in [-0.39, 0.29) is 6.04 Å². The lowest BCUT2D eigenvalue weighted by Crippen LogP contribution is -2.18. The first-order chi connectivity index (χ1) is 21.2. The van der Waals surface area contributed by atoms with Gasteiger partial charge in [-0.1, -0.05) is 103 Å². The fourth-order valence-electron chi connectivity index (χ4n) is 5.66. The number of hydrogen-bond acceptors (Lipinski definition) is 4. The lowest BCUT2D eigenvalue weighted by atomic mass is 9.97. The van der Waals surface area contributed by atoms with Gasteiger partial charge in [0.1, 0.15) is 5.75 Å². The van der Waals surface area contributed by atoms with E-state index in [1.54, 1.807) is 7.11 Å². The Morgan fingerprint density at radius 3 is 1.65 bits per heavy atom. The second kappa shape index (κ2) is 11.8. The molecule has 1 aliphatic heterocycles. The Hall–Kier alpha value is -5.48. The number of nitrogens with zero attached hydrogens (tertiary/aromatic N) is 3. The van der Waals surface area contributed by atoms with Crippen LogP contribution in [0.15, 0.2) is 157 Å². The molecule has 0 amide bonds. The van der Waals surface area contributed by atoms with Crippen LogP contribution in [-0.2, 0) is 0 Å². The normalized spacial score (nSPS) is 14.4. The van der Waals surface area contributed by atoms with Gasteiger partial charge in [0.2, 0.25) is 0 Å². The fraction of sp³-hybridized carbons (Fsp3) is 0.0769. The Morgan fingerprint density at radius 1 is 0.558 bits per heavy atom. The van der Waals surface area contributed by atoms with Crippen LogP contribution in [0.4, 0.5) is 5.69 Å². The number of anilines is 1. The van der Waals surface area contributed by atoms with E-state index in [0.717, 1.165) is 62.8 Å². The second-order valence-electron chi connectivity index (χ2n) is 10.7. The Morgan fingerprint density at radius 2 is 1.09 bits per heavy atom. The standard InChI is InChI=1S/C39H31N3O/c1-43-35-23-19-31(20-24-35)38-27-39(32-15-9-4-10-16-32)42(41-38)34-21-17-28(18-22-34)33-25-36(29-11-5-2-6-12-29)40-37(26-33)30-13-7-3-8-14-30/h2-26,39H,27H2,1H3/t39-/m0/s1. The number of aromatic nitrogens is 1. The van der Waals surface area contributed by atoms with E-state index in [9.17, 15) is 0 Å². The van der Waals surface area contributed by atoms with Gasteiger partial charge in [-0.3, -0.25) is 5.01 Å². The van der Waals surface area contributed by atoms with Crippen LogP contribution in [0.3, 0.4) is 0 Å². The molecule has 43 heavy (non-hydrogen) atoms. The topological polar surface area (TPSA) is 37.7 Å². The molecule has 0 saturated carbocycles. The first-order valence-corrected chi connectivity index (χ1v) is 14.5. The third-order valence-corrected chi connectivity index (χ3v) is 7.95. The van der Waals surface area contributed by atoms with Crippen molar-refractivity contribution in [1.29, 1.82) is 0 Å². The van der Waals surface area contributed by atoms with E-state index in [0.29, 0.717) is 0 Å². The number of ether oxygens (including phenoxy) is 1. The summed E-state index contributed by atoms with van der Waals surface area (Å²) in [6, 6.07) is 52.7. The highest BCUT2D eigenvalue weighted by Crippen LogP contribution is 2.38. The first kappa shape index (κ1) is 26.4. The largest absolute Gasteiger partial charge is 0.497 e. The van der Waals surface area contributed by atoms with Gasteiger partial charge in [0.25, 0.3) is 0 Å². The Bertz CT molecular complexity index is 1790. The van der Waals surface area contributed by atoms with Crippen LogP contribution in [0.25, 0.3) is 33.6 Å². The second-order valence-corrected chi connectivity index (χ2v) is 10.7. The molecule has 1 atom stereocenters. The van der Waals surface area contributed by atoms with Gasteiger partial charge in [0, 0.05) is 17.5 Å². The van der Waals surface area contributed by atoms with Crippen LogP contribution in [0, 0.1) is 0 Å². The fourth-order valence-corrected chi connectivity index (χ4v) is 5.66. The van der Waals surface area contributed by atoms with Crippen molar-refractivity contribution in [3.63, 3.8) is 0 Å². The van der Waals surface area contributed by atoms with Gasteiger partial charge in [-0.25, -0.2) is 4.98 Å². The molecule has 0 fully saturated rings. The number of rotatable bonds is 7. The number of benzene rings is 5. The van der Waals surface area contributed by atoms with Crippen molar-refractivity contribution in [2.24, 2.45) is 5.10 Å². The summed E-state index contributed by atoms with van der Waals surface area (Å²) < 4.78 is 5.37. The zero-order chi connectivity index (χ0) is 29.0. The van der Waals surface area contributed by atoms with Gasteiger partial charge in [-0.05, 0) is 70.8 Å². The van der Waals surface area contributed by atoms with Crippen molar-refractivity contribution in [3.8, 4) is 39.4 Å². The van der Waals surface area contributed by atoms with Crippen LogP contribution in [0.5, 0.6) is 5.75 Å². The smallest absolute Gasteiger partial charge is 0.118 e. The van der Waals surface area contributed by atoms with Crippen molar-refractivity contribution < 1.29 is 4.74 Å². The van der Waals surface area contributed by atoms with Crippen molar-refractivity contribution in [3.05, 3.63) is 163 Å². The van der Waals surface area contributed by atoms with Crippen LogP contribution < -0.4 is 9.75 Å². The summed E-state index contributed by atoms with van der Waals surface area (Å²) in [7, 11) is 1.69. The first-order valence-electron chi connectivity index (χ1n) is 14.5. The lowest BCUT2D eigenvalue weighted by Gasteiger charge is -2.24. The molecule has 0 unspecified atom stereocenters. The van der Waals surface area contributed by atoms with Crippen molar-refractivity contribution in [2.75, 3.05) is 12.1 Å². The lowest BCUT2D eigenvalue weighted by molar-refractivity contribution is 0.415. The third-order valence-electron chi connectivity index (χ3n) is 7.95. The molecule has 7 rings (SSSR count). The molecule has 0 spiro atoms. The maximum absolute atomic E-state index is 5.37. The highest BCUT2D eigenvalue weighted by molar-refractivity contribution is 6.03. The average molecular weight is 558 g/mol. The molecule has 6 aromatic rings. The molecule has 0 bridgehead atoms. The number of pyridine rings is 1. The molecule has 2 heterocycles. The van der Waals surface area contributed by atoms with E-state index < -0.39 is 0 Å². The van der Waals surface area contributed by atoms with Crippen LogP contribution in [0.2, 0.25) is 0 Å². The van der Waals surface area contributed by atoms with Crippen molar-refractivity contribution in [2.45, 2.75) is 12.5 Å². The summed E-state index contributed by atoms with van der Waals surface area (Å²) in [5.41, 5.74) is 10.8. The van der Waals surface area contributed by atoms with E-state index in [1.165, 1.54) is 5.56 Å². The van der Waals surface area contributed by atoms with Gasteiger partial charge in [0.05, 0.1) is 35.9 Å². The molecular formula is C39H31N3O.